The predicted octanol–water partition coefficient (Wildman–Crippen LogP) is 3.96. The first-order valence-electron chi connectivity index (χ1n) is 7.23. The number of aromatic nitrogens is 2. The number of hydrogen-bond acceptors (Lipinski definition) is 4. The summed E-state index contributed by atoms with van der Waals surface area (Å²) in [5, 5.41) is 15.0. The average Bonchev–Trinajstić information content (AvgIpc) is 2.57. The molecule has 5 nitrogen and oxygen atoms in total. The lowest BCUT2D eigenvalue weighted by molar-refractivity contribution is 0.474. The normalized spacial score (nSPS) is 11.5. The monoisotopic (exact) mass is 405 g/mol. The maximum atomic E-state index is 12.7. The molecule has 3 aromatic rings. The van der Waals surface area contributed by atoms with Gasteiger partial charge in [0, 0.05) is 21.5 Å². The van der Waals surface area contributed by atoms with Crippen molar-refractivity contribution >= 4 is 44.6 Å². The van der Waals surface area contributed by atoms with E-state index in [1.165, 1.54) is 17.0 Å². The van der Waals surface area contributed by atoms with E-state index in [0.717, 1.165) is 4.47 Å². The molecule has 0 aliphatic carbocycles. The van der Waals surface area contributed by atoms with Crippen molar-refractivity contribution in [3.8, 4) is 5.75 Å². The molecule has 24 heavy (non-hydrogen) atoms. The number of nitrogens with zero attached hydrogens (tertiary/aromatic N) is 3. The molecule has 0 fully saturated rings. The van der Waals surface area contributed by atoms with Crippen LogP contribution in [0.25, 0.3) is 10.9 Å². The van der Waals surface area contributed by atoms with E-state index in [1.807, 2.05) is 13.0 Å². The van der Waals surface area contributed by atoms with Crippen LogP contribution < -0.4 is 5.56 Å². The van der Waals surface area contributed by atoms with Gasteiger partial charge in [-0.2, -0.15) is 9.78 Å². The number of rotatable bonds is 3. The molecule has 1 aromatic heterocycles. The fourth-order valence-corrected chi connectivity index (χ4v) is 2.83. The van der Waals surface area contributed by atoms with E-state index >= 15 is 0 Å². The molecule has 0 aliphatic heterocycles. The molecule has 0 saturated carbocycles. The minimum absolute atomic E-state index is 0.0331. The van der Waals surface area contributed by atoms with Gasteiger partial charge in [0.25, 0.3) is 5.56 Å². The van der Waals surface area contributed by atoms with Crippen molar-refractivity contribution in [2.45, 2.75) is 13.3 Å². The van der Waals surface area contributed by atoms with E-state index < -0.39 is 0 Å². The molecule has 7 heteroatoms. The molecule has 0 atom stereocenters. The Morgan fingerprint density at radius 2 is 2.12 bits per heavy atom. The van der Waals surface area contributed by atoms with Gasteiger partial charge in [0.05, 0.1) is 17.1 Å². The Bertz CT molecular complexity index is 1010. The molecule has 0 saturated heterocycles. The van der Waals surface area contributed by atoms with Gasteiger partial charge in [0.15, 0.2) is 0 Å². The SMILES string of the molecule is CCc1nc2ccc(Br)cc2c(=O)n1N=Cc1cc(Cl)ccc1O. The zero-order valence-corrected chi connectivity index (χ0v) is 15.0. The number of phenolic OH excluding ortho intramolecular Hbond substituents is 1. The van der Waals surface area contributed by atoms with Crippen molar-refractivity contribution < 1.29 is 5.11 Å². The molecule has 0 unspecified atom stereocenters. The number of aromatic hydroxyl groups is 1. The van der Waals surface area contributed by atoms with E-state index in [1.54, 1.807) is 24.3 Å². The Labute approximate surface area is 151 Å². The fraction of sp³-hybridized carbons (Fsp3) is 0.118. The van der Waals surface area contributed by atoms with E-state index in [4.69, 9.17) is 11.6 Å². The van der Waals surface area contributed by atoms with Crippen molar-refractivity contribution in [1.82, 2.24) is 9.66 Å². The van der Waals surface area contributed by atoms with Gasteiger partial charge in [-0.15, -0.1) is 0 Å². The van der Waals surface area contributed by atoms with Gasteiger partial charge in [0.2, 0.25) is 0 Å². The smallest absolute Gasteiger partial charge is 0.282 e. The number of halogens is 2. The molecule has 2 aromatic carbocycles. The first-order valence-corrected chi connectivity index (χ1v) is 8.40. The molecule has 0 radical (unpaired) electrons. The second-order valence-corrected chi connectivity index (χ2v) is 6.46. The Balaban J connectivity index is 2.18. The maximum Gasteiger partial charge on any atom is 0.282 e. The quantitative estimate of drug-likeness (QED) is 0.669. The minimum Gasteiger partial charge on any atom is -0.507 e. The van der Waals surface area contributed by atoms with Crippen LogP contribution in [0.2, 0.25) is 5.02 Å². The summed E-state index contributed by atoms with van der Waals surface area (Å²) in [6, 6.07) is 9.97. The second-order valence-electron chi connectivity index (χ2n) is 5.11. The van der Waals surface area contributed by atoms with Crippen LogP contribution in [-0.2, 0) is 6.42 Å². The van der Waals surface area contributed by atoms with Crippen molar-refractivity contribution in [1.29, 1.82) is 0 Å². The topological polar surface area (TPSA) is 67.5 Å². The fourth-order valence-electron chi connectivity index (χ4n) is 2.29. The van der Waals surface area contributed by atoms with Crippen molar-refractivity contribution in [3.05, 3.63) is 67.6 Å². The highest BCUT2D eigenvalue weighted by atomic mass is 79.9. The molecule has 1 N–H and O–H groups in total. The summed E-state index contributed by atoms with van der Waals surface area (Å²) in [6.07, 6.45) is 1.94. The molecule has 0 aliphatic rings. The highest BCUT2D eigenvalue weighted by Gasteiger charge is 2.10. The number of benzene rings is 2. The van der Waals surface area contributed by atoms with Gasteiger partial charge in [-0.25, -0.2) is 4.98 Å². The third kappa shape index (κ3) is 3.20. The van der Waals surface area contributed by atoms with Gasteiger partial charge in [-0.05, 0) is 36.4 Å². The zero-order valence-electron chi connectivity index (χ0n) is 12.7. The van der Waals surface area contributed by atoms with Crippen LogP contribution in [0.3, 0.4) is 0 Å². The van der Waals surface area contributed by atoms with Crippen LogP contribution in [-0.4, -0.2) is 21.0 Å². The van der Waals surface area contributed by atoms with Crippen LogP contribution in [0.4, 0.5) is 0 Å². The Morgan fingerprint density at radius 1 is 1.33 bits per heavy atom. The van der Waals surface area contributed by atoms with Crippen LogP contribution in [0.5, 0.6) is 5.75 Å². The molecule has 0 bridgehead atoms. The summed E-state index contributed by atoms with van der Waals surface area (Å²) in [4.78, 5) is 17.2. The molecule has 122 valence electrons. The molecular weight excluding hydrogens is 394 g/mol. The van der Waals surface area contributed by atoms with Gasteiger partial charge in [-0.1, -0.05) is 34.5 Å². The van der Waals surface area contributed by atoms with Crippen molar-refractivity contribution in [2.75, 3.05) is 0 Å². The zero-order chi connectivity index (χ0) is 17.3. The summed E-state index contributed by atoms with van der Waals surface area (Å²) in [7, 11) is 0. The molecule has 0 spiro atoms. The average molecular weight is 407 g/mol. The number of fused-ring (bicyclic) bond motifs is 1. The summed E-state index contributed by atoms with van der Waals surface area (Å²) in [5.74, 6) is 0.568. The van der Waals surface area contributed by atoms with E-state index in [9.17, 15) is 9.90 Å². The largest absolute Gasteiger partial charge is 0.507 e. The number of aryl methyl sites for hydroxylation is 1. The molecule has 1 heterocycles. The lowest BCUT2D eigenvalue weighted by Crippen LogP contribution is -2.22. The van der Waals surface area contributed by atoms with Crippen LogP contribution in [0, 0.1) is 0 Å². The third-order valence-corrected chi connectivity index (χ3v) is 4.22. The predicted molar refractivity (Wildman–Crippen MR) is 99.2 cm³/mol. The highest BCUT2D eigenvalue weighted by molar-refractivity contribution is 9.10. The third-order valence-electron chi connectivity index (χ3n) is 3.49. The summed E-state index contributed by atoms with van der Waals surface area (Å²) in [6.45, 7) is 1.90. The Hall–Kier alpha value is -2.18. The van der Waals surface area contributed by atoms with Crippen LogP contribution in [0.15, 0.2) is 50.8 Å². The molecule has 3 rings (SSSR count). The summed E-state index contributed by atoms with van der Waals surface area (Å²) < 4.78 is 2.04. The summed E-state index contributed by atoms with van der Waals surface area (Å²) >= 11 is 9.28. The lowest BCUT2D eigenvalue weighted by atomic mass is 10.2. The van der Waals surface area contributed by atoms with Crippen molar-refractivity contribution in [3.63, 3.8) is 0 Å². The van der Waals surface area contributed by atoms with Crippen LogP contribution >= 0.6 is 27.5 Å². The summed E-state index contributed by atoms with van der Waals surface area (Å²) in [5.41, 5.74) is 0.777. The van der Waals surface area contributed by atoms with E-state index in [-0.39, 0.29) is 11.3 Å². The lowest BCUT2D eigenvalue weighted by Gasteiger charge is -2.08. The van der Waals surface area contributed by atoms with Gasteiger partial charge >= 0.3 is 0 Å². The first kappa shape index (κ1) is 16.7. The number of hydrogen-bond donors (Lipinski definition) is 1. The standard InChI is InChI=1S/C17H13BrClN3O2/c1-2-16-21-14-5-3-11(18)8-13(14)17(24)22(16)20-9-10-7-12(19)4-6-15(10)23/h3-9,23H,2H2,1H3. The Morgan fingerprint density at radius 3 is 2.88 bits per heavy atom. The minimum atomic E-state index is -0.268. The first-order chi connectivity index (χ1) is 11.5. The second kappa shape index (κ2) is 6.75. The molecular formula is C17H13BrClN3O2. The maximum absolute atomic E-state index is 12.7. The molecule has 0 amide bonds. The van der Waals surface area contributed by atoms with Crippen molar-refractivity contribution in [2.24, 2.45) is 5.10 Å². The Kier molecular flexibility index (Phi) is 4.69. The van der Waals surface area contributed by atoms with Gasteiger partial charge in [-0.3, -0.25) is 4.79 Å². The highest BCUT2D eigenvalue weighted by Crippen LogP contribution is 2.20. The van der Waals surface area contributed by atoms with Gasteiger partial charge in [0.1, 0.15) is 11.6 Å². The number of phenols is 1. The van der Waals surface area contributed by atoms with Gasteiger partial charge < -0.3 is 5.11 Å². The van der Waals surface area contributed by atoms with E-state index in [0.29, 0.717) is 33.7 Å². The van der Waals surface area contributed by atoms with Crippen LogP contribution in [0.1, 0.15) is 18.3 Å². The van der Waals surface area contributed by atoms with E-state index in [2.05, 4.69) is 26.0 Å².